The van der Waals surface area contributed by atoms with Gasteiger partial charge >= 0.3 is 0 Å². The number of hydrogen-bond donors (Lipinski definition) is 3. The highest BCUT2D eigenvalue weighted by atomic mass is 16.4. The van der Waals surface area contributed by atoms with Crippen molar-refractivity contribution in [2.45, 2.75) is 13.8 Å². The van der Waals surface area contributed by atoms with Gasteiger partial charge in [0.1, 0.15) is 0 Å². The first kappa shape index (κ1) is 12.9. The third kappa shape index (κ3) is 3.12. The fourth-order valence-corrected chi connectivity index (χ4v) is 1.17. The molecule has 0 aliphatic heterocycles. The average Bonchev–Trinajstić information content (AvgIpc) is 2.37. The third-order valence-electron chi connectivity index (χ3n) is 2.24. The van der Waals surface area contributed by atoms with Gasteiger partial charge in [0.15, 0.2) is 0 Å². The number of carbonyl (C=O) groups is 1. The van der Waals surface area contributed by atoms with E-state index in [1.54, 1.807) is 38.1 Å². The minimum absolute atomic E-state index is 0.361. The Kier molecular flexibility index (Phi) is 4.36. The summed E-state index contributed by atoms with van der Waals surface area (Å²) in [6.45, 7) is 3.30. The predicted octanol–water partition coefficient (Wildman–Crippen LogP) is 1.23. The highest BCUT2D eigenvalue weighted by molar-refractivity contribution is 6.41. The molecule has 17 heavy (non-hydrogen) atoms. The largest absolute Gasteiger partial charge is 0.411 e. The second-order valence-corrected chi connectivity index (χ2v) is 3.37. The number of carbonyl (C=O) groups excluding carboxylic acids is 1. The number of amides is 1. The minimum atomic E-state index is -0.421. The number of aliphatic imine (C=N–C) groups is 1. The summed E-state index contributed by atoms with van der Waals surface area (Å²) in [6, 6.07) is 6.76. The van der Waals surface area contributed by atoms with E-state index in [0.717, 1.165) is 0 Å². The number of rotatable bonds is 3. The van der Waals surface area contributed by atoms with Crippen LogP contribution in [-0.4, -0.2) is 22.5 Å². The Balaban J connectivity index is 3.19. The Morgan fingerprint density at radius 1 is 1.29 bits per heavy atom. The van der Waals surface area contributed by atoms with Crippen LogP contribution in [0.5, 0.6) is 0 Å². The lowest BCUT2D eigenvalue weighted by molar-refractivity contribution is 0.0954. The van der Waals surface area contributed by atoms with E-state index in [1.807, 2.05) is 0 Å². The summed E-state index contributed by atoms with van der Waals surface area (Å²) in [5.74, 6) is 4.66. The Labute approximate surface area is 98.8 Å². The van der Waals surface area contributed by atoms with Gasteiger partial charge in [0.2, 0.25) is 0 Å². The van der Waals surface area contributed by atoms with Gasteiger partial charge in [-0.2, -0.15) is 0 Å². The Bertz CT molecular complexity index is 480. The molecule has 0 spiro atoms. The van der Waals surface area contributed by atoms with Gasteiger partial charge in [-0.05, 0) is 26.0 Å². The van der Waals surface area contributed by atoms with Crippen molar-refractivity contribution in [1.82, 2.24) is 5.43 Å². The standard InChI is InChI=1S/C11H14N4O2/c1-7(8(2)15-17)13-10-6-4-3-5-9(10)11(16)14-12/h3-6,17H,12H2,1-2H3,(H,14,16). The molecule has 0 aliphatic rings. The van der Waals surface area contributed by atoms with E-state index in [0.29, 0.717) is 22.7 Å². The monoisotopic (exact) mass is 234 g/mol. The molecular formula is C11H14N4O2. The van der Waals surface area contributed by atoms with E-state index in [9.17, 15) is 4.79 Å². The maximum atomic E-state index is 11.5. The summed E-state index contributed by atoms with van der Waals surface area (Å²) < 4.78 is 0. The van der Waals surface area contributed by atoms with E-state index in [4.69, 9.17) is 11.0 Å². The molecule has 0 unspecified atom stereocenters. The van der Waals surface area contributed by atoms with Gasteiger partial charge in [-0.3, -0.25) is 15.2 Å². The van der Waals surface area contributed by atoms with Crippen molar-refractivity contribution in [3.8, 4) is 0 Å². The van der Waals surface area contributed by atoms with E-state index >= 15 is 0 Å². The number of oxime groups is 1. The lowest BCUT2D eigenvalue weighted by atomic mass is 10.1. The lowest BCUT2D eigenvalue weighted by Gasteiger charge is -2.04. The molecule has 0 saturated heterocycles. The molecule has 1 aromatic rings. The first-order chi connectivity index (χ1) is 8.10. The summed E-state index contributed by atoms with van der Waals surface area (Å²) >= 11 is 0. The average molecular weight is 234 g/mol. The molecule has 90 valence electrons. The molecule has 6 nitrogen and oxygen atoms in total. The smallest absolute Gasteiger partial charge is 0.267 e. The minimum Gasteiger partial charge on any atom is -0.411 e. The summed E-state index contributed by atoms with van der Waals surface area (Å²) in [5.41, 5.74) is 3.78. The Hall–Kier alpha value is -2.21. The fourth-order valence-electron chi connectivity index (χ4n) is 1.17. The number of para-hydroxylation sites is 1. The van der Waals surface area contributed by atoms with E-state index in [1.165, 1.54) is 0 Å². The van der Waals surface area contributed by atoms with Crippen molar-refractivity contribution < 1.29 is 10.0 Å². The quantitative estimate of drug-likeness (QED) is 0.241. The number of nitrogens with one attached hydrogen (secondary N) is 1. The van der Waals surface area contributed by atoms with Crippen LogP contribution in [0.15, 0.2) is 34.4 Å². The van der Waals surface area contributed by atoms with Crippen molar-refractivity contribution in [3.05, 3.63) is 29.8 Å². The first-order valence-electron chi connectivity index (χ1n) is 4.94. The number of benzene rings is 1. The van der Waals surface area contributed by atoms with Crippen molar-refractivity contribution in [2.75, 3.05) is 0 Å². The van der Waals surface area contributed by atoms with E-state index in [-0.39, 0.29) is 0 Å². The van der Waals surface area contributed by atoms with Crippen LogP contribution in [0.4, 0.5) is 5.69 Å². The zero-order valence-electron chi connectivity index (χ0n) is 9.64. The molecule has 0 aromatic heterocycles. The summed E-state index contributed by atoms with van der Waals surface area (Å²) in [6.07, 6.45) is 0. The van der Waals surface area contributed by atoms with Gasteiger partial charge in [0.05, 0.1) is 22.7 Å². The molecule has 1 amide bonds. The Morgan fingerprint density at radius 2 is 1.94 bits per heavy atom. The molecule has 6 heteroatoms. The zero-order valence-corrected chi connectivity index (χ0v) is 9.64. The van der Waals surface area contributed by atoms with Crippen molar-refractivity contribution in [2.24, 2.45) is 16.0 Å². The third-order valence-corrected chi connectivity index (χ3v) is 2.24. The topological polar surface area (TPSA) is 100 Å². The molecule has 0 fully saturated rings. The second kappa shape index (κ2) is 5.76. The summed E-state index contributed by atoms with van der Waals surface area (Å²) in [4.78, 5) is 15.7. The number of nitrogens with two attached hydrogens (primary N) is 1. The summed E-state index contributed by atoms with van der Waals surface area (Å²) in [5, 5.41) is 11.7. The van der Waals surface area contributed by atoms with Crippen LogP contribution < -0.4 is 11.3 Å². The molecule has 0 atom stereocenters. The molecule has 0 heterocycles. The maximum absolute atomic E-state index is 11.5. The second-order valence-electron chi connectivity index (χ2n) is 3.37. The zero-order chi connectivity index (χ0) is 12.8. The number of hydrazine groups is 1. The molecule has 1 aromatic carbocycles. The van der Waals surface area contributed by atoms with Crippen molar-refractivity contribution in [3.63, 3.8) is 0 Å². The van der Waals surface area contributed by atoms with Gasteiger partial charge in [0.25, 0.3) is 5.91 Å². The number of hydrogen-bond acceptors (Lipinski definition) is 5. The SMILES string of the molecule is CC(=NO)C(C)=Nc1ccccc1C(=O)NN. The van der Waals surface area contributed by atoms with Crippen LogP contribution >= 0.6 is 0 Å². The van der Waals surface area contributed by atoms with Gasteiger partial charge in [-0.15, -0.1) is 0 Å². The first-order valence-corrected chi connectivity index (χ1v) is 4.94. The highest BCUT2D eigenvalue weighted by Gasteiger charge is 2.09. The maximum Gasteiger partial charge on any atom is 0.267 e. The van der Waals surface area contributed by atoms with Gasteiger partial charge in [-0.1, -0.05) is 17.3 Å². The van der Waals surface area contributed by atoms with Crippen LogP contribution in [0.3, 0.4) is 0 Å². The Morgan fingerprint density at radius 3 is 2.53 bits per heavy atom. The van der Waals surface area contributed by atoms with Crippen LogP contribution in [0.2, 0.25) is 0 Å². The molecule has 0 saturated carbocycles. The van der Waals surface area contributed by atoms with Gasteiger partial charge in [-0.25, -0.2) is 5.84 Å². The summed E-state index contributed by atoms with van der Waals surface area (Å²) in [7, 11) is 0. The molecule has 1 rings (SSSR count). The van der Waals surface area contributed by atoms with Crippen LogP contribution in [0.1, 0.15) is 24.2 Å². The fraction of sp³-hybridized carbons (Fsp3) is 0.182. The number of nitrogen functional groups attached to an aromatic ring is 1. The van der Waals surface area contributed by atoms with Crippen LogP contribution in [0.25, 0.3) is 0 Å². The normalized spacial score (nSPS) is 12.4. The van der Waals surface area contributed by atoms with E-state index in [2.05, 4.69) is 15.6 Å². The highest BCUT2D eigenvalue weighted by Crippen LogP contribution is 2.18. The predicted molar refractivity (Wildman–Crippen MR) is 65.8 cm³/mol. The van der Waals surface area contributed by atoms with E-state index < -0.39 is 5.91 Å². The lowest BCUT2D eigenvalue weighted by Crippen LogP contribution is -2.30. The van der Waals surface area contributed by atoms with Crippen LogP contribution in [0, 0.1) is 0 Å². The van der Waals surface area contributed by atoms with Crippen LogP contribution in [-0.2, 0) is 0 Å². The van der Waals surface area contributed by atoms with Crippen molar-refractivity contribution in [1.29, 1.82) is 0 Å². The molecule has 0 aliphatic carbocycles. The number of nitrogens with zero attached hydrogens (tertiary/aromatic N) is 2. The molecule has 0 radical (unpaired) electrons. The molecule has 4 N–H and O–H groups in total. The van der Waals surface area contributed by atoms with Gasteiger partial charge in [0, 0.05) is 0 Å². The van der Waals surface area contributed by atoms with Gasteiger partial charge < -0.3 is 5.21 Å². The van der Waals surface area contributed by atoms with Crippen molar-refractivity contribution >= 4 is 23.0 Å². The molecule has 0 bridgehead atoms. The molecular weight excluding hydrogens is 220 g/mol.